The molecular formula is C11H13BrN4O2S. The van der Waals surface area contributed by atoms with Gasteiger partial charge in [-0.05, 0) is 22.9 Å². The van der Waals surface area contributed by atoms with Crippen LogP contribution in [0.2, 0.25) is 0 Å². The first-order valence-corrected chi connectivity index (χ1v) is 7.96. The monoisotopic (exact) mass is 344 g/mol. The van der Waals surface area contributed by atoms with E-state index in [4.69, 9.17) is 0 Å². The summed E-state index contributed by atoms with van der Waals surface area (Å²) in [6.45, 7) is 2.16. The first-order chi connectivity index (χ1) is 9.06. The van der Waals surface area contributed by atoms with Crippen molar-refractivity contribution in [2.24, 2.45) is 7.05 Å². The second-order valence-electron chi connectivity index (χ2n) is 4.51. The van der Waals surface area contributed by atoms with Gasteiger partial charge in [-0.15, -0.1) is 0 Å². The highest BCUT2D eigenvalue weighted by atomic mass is 79.9. The largest absolute Gasteiger partial charge is 0.332 e. The van der Waals surface area contributed by atoms with Gasteiger partial charge in [-0.1, -0.05) is 0 Å². The standard InChI is InChI=1S/C11H13BrN4O2S/c1-3-15-9(17)7-8(14(2)11(15)18)13-10(12)16(7)6-4-19-5-6/h6H,3-5H2,1-2H3. The number of thioether (sulfide) groups is 1. The fourth-order valence-electron chi connectivity index (χ4n) is 2.30. The van der Waals surface area contributed by atoms with Crippen molar-refractivity contribution in [3.05, 3.63) is 25.6 Å². The van der Waals surface area contributed by atoms with E-state index in [1.165, 1.54) is 9.13 Å². The van der Waals surface area contributed by atoms with Gasteiger partial charge in [0.15, 0.2) is 15.9 Å². The van der Waals surface area contributed by atoms with Crippen molar-refractivity contribution in [3.8, 4) is 0 Å². The van der Waals surface area contributed by atoms with Crippen LogP contribution in [0.4, 0.5) is 0 Å². The normalized spacial score (nSPS) is 15.9. The van der Waals surface area contributed by atoms with Crippen molar-refractivity contribution in [3.63, 3.8) is 0 Å². The molecule has 3 heterocycles. The van der Waals surface area contributed by atoms with Gasteiger partial charge < -0.3 is 4.57 Å². The molecular weight excluding hydrogens is 332 g/mol. The van der Waals surface area contributed by atoms with Crippen LogP contribution in [0.25, 0.3) is 11.2 Å². The van der Waals surface area contributed by atoms with Gasteiger partial charge in [-0.25, -0.2) is 9.78 Å². The smallest absolute Gasteiger partial charge is 0.308 e. The Morgan fingerprint density at radius 1 is 1.42 bits per heavy atom. The predicted molar refractivity (Wildman–Crippen MR) is 79.0 cm³/mol. The SMILES string of the molecule is CCn1c(=O)c2c(nc(Br)n2C2CSC2)n(C)c1=O. The summed E-state index contributed by atoms with van der Waals surface area (Å²) in [4.78, 5) is 28.9. The first kappa shape index (κ1) is 13.0. The average Bonchev–Trinajstić information content (AvgIpc) is 2.64. The second kappa shape index (κ2) is 4.52. The van der Waals surface area contributed by atoms with Crippen LogP contribution in [0, 0.1) is 0 Å². The van der Waals surface area contributed by atoms with Crippen molar-refractivity contribution < 1.29 is 0 Å². The van der Waals surface area contributed by atoms with Crippen LogP contribution in [-0.4, -0.2) is 30.2 Å². The molecule has 2 aromatic rings. The molecule has 0 saturated carbocycles. The summed E-state index contributed by atoms with van der Waals surface area (Å²) in [5.74, 6) is 1.94. The Morgan fingerprint density at radius 2 is 2.11 bits per heavy atom. The molecule has 0 unspecified atom stereocenters. The lowest BCUT2D eigenvalue weighted by Gasteiger charge is -2.27. The molecule has 1 fully saturated rings. The molecule has 1 saturated heterocycles. The van der Waals surface area contributed by atoms with Crippen LogP contribution in [0.3, 0.4) is 0 Å². The quantitative estimate of drug-likeness (QED) is 0.761. The van der Waals surface area contributed by atoms with Crippen LogP contribution in [-0.2, 0) is 13.6 Å². The number of hydrogen-bond acceptors (Lipinski definition) is 4. The first-order valence-electron chi connectivity index (χ1n) is 6.01. The number of hydrogen-bond donors (Lipinski definition) is 0. The summed E-state index contributed by atoms with van der Waals surface area (Å²) in [6, 6.07) is 0.278. The molecule has 8 heteroatoms. The number of rotatable bonds is 2. The molecule has 0 amide bonds. The van der Waals surface area contributed by atoms with Crippen molar-refractivity contribution in [2.75, 3.05) is 11.5 Å². The Labute approximate surface area is 121 Å². The Balaban J connectivity index is 2.46. The maximum Gasteiger partial charge on any atom is 0.332 e. The summed E-state index contributed by atoms with van der Waals surface area (Å²) < 4.78 is 5.22. The molecule has 0 aliphatic carbocycles. The van der Waals surface area contributed by atoms with E-state index in [9.17, 15) is 9.59 Å². The molecule has 1 aliphatic heterocycles. The van der Waals surface area contributed by atoms with E-state index < -0.39 is 0 Å². The van der Waals surface area contributed by atoms with Crippen LogP contribution >= 0.6 is 27.7 Å². The Kier molecular flexibility index (Phi) is 3.09. The summed E-state index contributed by atoms with van der Waals surface area (Å²) in [6.07, 6.45) is 0. The van der Waals surface area contributed by atoms with Crippen LogP contribution in [0.5, 0.6) is 0 Å². The molecule has 1 aliphatic rings. The lowest BCUT2D eigenvalue weighted by Crippen LogP contribution is -2.39. The van der Waals surface area contributed by atoms with E-state index in [2.05, 4.69) is 20.9 Å². The van der Waals surface area contributed by atoms with E-state index in [0.29, 0.717) is 22.4 Å². The molecule has 0 aromatic carbocycles. The van der Waals surface area contributed by atoms with Gasteiger partial charge in [0, 0.05) is 25.1 Å². The Hall–Kier alpha value is -1.02. The lowest BCUT2D eigenvalue weighted by atomic mass is 10.3. The van der Waals surface area contributed by atoms with Gasteiger partial charge in [0.1, 0.15) is 0 Å². The van der Waals surface area contributed by atoms with Crippen LogP contribution in [0.1, 0.15) is 13.0 Å². The zero-order valence-corrected chi connectivity index (χ0v) is 13.0. The summed E-state index contributed by atoms with van der Waals surface area (Å²) in [5.41, 5.74) is 0.389. The molecule has 2 aromatic heterocycles. The van der Waals surface area contributed by atoms with Crippen molar-refractivity contribution in [1.29, 1.82) is 0 Å². The number of aromatic nitrogens is 4. The number of imidazole rings is 1. The fourth-order valence-corrected chi connectivity index (χ4v) is 3.68. The third kappa shape index (κ3) is 1.73. The van der Waals surface area contributed by atoms with Gasteiger partial charge in [0.2, 0.25) is 0 Å². The molecule has 0 bridgehead atoms. The van der Waals surface area contributed by atoms with Crippen molar-refractivity contribution in [2.45, 2.75) is 19.5 Å². The molecule has 0 radical (unpaired) electrons. The summed E-state index contributed by atoms with van der Waals surface area (Å²) >= 11 is 5.24. The summed E-state index contributed by atoms with van der Waals surface area (Å²) in [7, 11) is 1.65. The number of halogens is 1. The topological polar surface area (TPSA) is 61.8 Å². The van der Waals surface area contributed by atoms with E-state index in [-0.39, 0.29) is 17.3 Å². The fraction of sp³-hybridized carbons (Fsp3) is 0.545. The van der Waals surface area contributed by atoms with Crippen LogP contribution in [0.15, 0.2) is 14.3 Å². The number of fused-ring (bicyclic) bond motifs is 1. The van der Waals surface area contributed by atoms with E-state index in [1.807, 2.05) is 16.3 Å². The highest BCUT2D eigenvalue weighted by Gasteiger charge is 2.27. The predicted octanol–water partition coefficient (Wildman–Crippen LogP) is 0.967. The van der Waals surface area contributed by atoms with E-state index >= 15 is 0 Å². The summed E-state index contributed by atoms with van der Waals surface area (Å²) in [5, 5.41) is 0. The van der Waals surface area contributed by atoms with Gasteiger partial charge in [0.25, 0.3) is 5.56 Å². The van der Waals surface area contributed by atoms with E-state index in [1.54, 1.807) is 14.0 Å². The lowest BCUT2D eigenvalue weighted by molar-refractivity contribution is 0.585. The zero-order valence-electron chi connectivity index (χ0n) is 10.6. The van der Waals surface area contributed by atoms with Gasteiger partial charge in [-0.3, -0.25) is 13.9 Å². The maximum atomic E-state index is 12.5. The number of aryl methyl sites for hydroxylation is 1. The van der Waals surface area contributed by atoms with Gasteiger partial charge in [0.05, 0.1) is 6.04 Å². The Morgan fingerprint density at radius 3 is 2.63 bits per heavy atom. The molecule has 0 spiro atoms. The van der Waals surface area contributed by atoms with Crippen molar-refractivity contribution in [1.82, 2.24) is 18.7 Å². The molecule has 19 heavy (non-hydrogen) atoms. The molecule has 3 rings (SSSR count). The number of nitrogens with zero attached hydrogens (tertiary/aromatic N) is 4. The minimum atomic E-state index is -0.319. The van der Waals surface area contributed by atoms with Crippen LogP contribution < -0.4 is 11.2 Å². The van der Waals surface area contributed by atoms with Gasteiger partial charge >= 0.3 is 5.69 Å². The zero-order chi connectivity index (χ0) is 13.7. The third-order valence-corrected chi connectivity index (χ3v) is 5.24. The average molecular weight is 345 g/mol. The van der Waals surface area contributed by atoms with E-state index in [0.717, 1.165) is 11.5 Å². The minimum Gasteiger partial charge on any atom is -0.308 e. The molecule has 102 valence electrons. The highest BCUT2D eigenvalue weighted by molar-refractivity contribution is 9.10. The van der Waals surface area contributed by atoms with Gasteiger partial charge in [-0.2, -0.15) is 11.8 Å². The molecule has 0 atom stereocenters. The molecule has 6 nitrogen and oxygen atoms in total. The van der Waals surface area contributed by atoms with Crippen molar-refractivity contribution >= 4 is 38.9 Å². The third-order valence-electron chi connectivity index (χ3n) is 3.43. The minimum absolute atomic E-state index is 0.254. The highest BCUT2D eigenvalue weighted by Crippen LogP contribution is 2.33. The second-order valence-corrected chi connectivity index (χ2v) is 6.29. The maximum absolute atomic E-state index is 12.5. The molecule has 0 N–H and O–H groups in total. The Bertz CT molecular complexity index is 772.